The average Bonchev–Trinajstić information content (AvgIpc) is 2.79. The van der Waals surface area contributed by atoms with Crippen LogP contribution in [0.2, 0.25) is 0 Å². The van der Waals surface area contributed by atoms with Gasteiger partial charge in [-0.25, -0.2) is 19.9 Å². The van der Waals surface area contributed by atoms with Gasteiger partial charge >= 0.3 is 6.01 Å². The van der Waals surface area contributed by atoms with Crippen molar-refractivity contribution in [3.8, 4) is 23.0 Å². The second kappa shape index (κ2) is 11.5. The van der Waals surface area contributed by atoms with Gasteiger partial charge in [0.15, 0.2) is 5.82 Å². The quantitative estimate of drug-likeness (QED) is 0.323. The van der Waals surface area contributed by atoms with Crippen molar-refractivity contribution in [2.45, 2.75) is 13.3 Å². The highest BCUT2D eigenvalue weighted by molar-refractivity contribution is 9.10. The van der Waals surface area contributed by atoms with Gasteiger partial charge in [0.25, 0.3) is 10.2 Å². The van der Waals surface area contributed by atoms with Gasteiger partial charge < -0.3 is 9.47 Å². The molecule has 10 nitrogen and oxygen atoms in total. The fourth-order valence-corrected chi connectivity index (χ4v) is 3.71. The minimum absolute atomic E-state index is 0.0218. The van der Waals surface area contributed by atoms with Gasteiger partial charge in [0, 0.05) is 23.4 Å². The lowest BCUT2D eigenvalue weighted by atomic mass is 10.1. The van der Waals surface area contributed by atoms with Crippen LogP contribution in [0.1, 0.15) is 18.8 Å². The van der Waals surface area contributed by atoms with Crippen LogP contribution in [0.15, 0.2) is 51.9 Å². The van der Waals surface area contributed by atoms with Gasteiger partial charge in [-0.05, 0) is 40.0 Å². The Labute approximate surface area is 208 Å². The van der Waals surface area contributed by atoms with Crippen molar-refractivity contribution in [1.29, 1.82) is 0 Å². The topological polar surface area (TPSA) is 128 Å². The molecule has 0 saturated heterocycles. The summed E-state index contributed by atoms with van der Waals surface area (Å²) >= 11 is 6.46. The smallest absolute Gasteiger partial charge is 0.316 e. The molecule has 0 unspecified atom stereocenters. The fraction of sp³-hybridized carbons (Fsp3) is 0.263. The summed E-state index contributed by atoms with van der Waals surface area (Å²) in [5.74, 6) is -0.644. The van der Waals surface area contributed by atoms with Crippen molar-refractivity contribution in [2.24, 2.45) is 0 Å². The lowest BCUT2D eigenvalue weighted by molar-refractivity contribution is 0.202. The number of benzene rings is 1. The van der Waals surface area contributed by atoms with Crippen LogP contribution >= 0.6 is 31.9 Å². The van der Waals surface area contributed by atoms with Crippen molar-refractivity contribution in [2.75, 3.05) is 24.4 Å². The van der Waals surface area contributed by atoms with Crippen LogP contribution in [0, 0.1) is 0 Å². The maximum absolute atomic E-state index is 12.5. The summed E-state index contributed by atoms with van der Waals surface area (Å²) in [5, 5.41) is 0. The summed E-state index contributed by atoms with van der Waals surface area (Å²) in [5.41, 5.74) is 0.349. The molecule has 32 heavy (non-hydrogen) atoms. The fourth-order valence-electron chi connectivity index (χ4n) is 2.29. The number of ether oxygens (including phenoxy) is 2. The standard InChI is InChI=1S/C19H20Br2N6O4S/c1-2-7-26-32(28,29)27-17-16(13-3-5-14(20)6-4-13)18(25-12-24-17)30-8-9-31-19-22-10-15(21)11-23-19/h3-6,10-12,26H,2,7-9H2,1H3,(H,24,25,27)/i8+1D2,9+1D2. The summed E-state index contributed by atoms with van der Waals surface area (Å²) in [4.78, 5) is 15.5. The molecule has 0 spiro atoms. The SMILES string of the molecule is [2H][13C]([2H])(Oc1ncc(Br)cn1)[13C]([2H])([2H])Oc1ncnc(NS(=O)(=O)NCCC)c1-c1ccc(Br)cc1. The highest BCUT2D eigenvalue weighted by Gasteiger charge is 2.19. The third-order valence-electron chi connectivity index (χ3n) is 3.65. The molecule has 2 aromatic heterocycles. The first-order valence-electron chi connectivity index (χ1n) is 11.1. The lowest BCUT2D eigenvalue weighted by Crippen LogP contribution is -2.31. The van der Waals surface area contributed by atoms with E-state index in [1.54, 1.807) is 31.2 Å². The Kier molecular flexibility index (Phi) is 6.88. The summed E-state index contributed by atoms with van der Waals surface area (Å²) < 4.78 is 74.0. The van der Waals surface area contributed by atoms with E-state index in [0.29, 0.717) is 16.5 Å². The molecule has 1 aromatic carbocycles. The third kappa shape index (κ3) is 7.08. The molecule has 0 saturated carbocycles. The molecule has 2 N–H and O–H groups in total. The first-order valence-corrected chi connectivity index (χ1v) is 12.1. The molecular weight excluding hydrogens is 570 g/mol. The number of rotatable bonds is 11. The summed E-state index contributed by atoms with van der Waals surface area (Å²) in [6.45, 7) is -4.26. The number of nitrogens with one attached hydrogen (secondary N) is 2. The Hall–Kier alpha value is -2.35. The molecule has 170 valence electrons. The van der Waals surface area contributed by atoms with Crippen LogP contribution in [-0.2, 0) is 10.2 Å². The molecule has 0 atom stereocenters. The van der Waals surface area contributed by atoms with E-state index in [1.807, 2.05) is 0 Å². The van der Waals surface area contributed by atoms with E-state index in [2.05, 4.69) is 61.2 Å². The Bertz CT molecular complexity index is 1300. The van der Waals surface area contributed by atoms with Crippen LogP contribution in [0.25, 0.3) is 11.1 Å². The molecule has 0 aliphatic heterocycles. The second-order valence-corrected chi connectivity index (χ2v) is 9.33. The van der Waals surface area contributed by atoms with E-state index in [4.69, 9.17) is 15.0 Å². The number of hydrogen-bond donors (Lipinski definition) is 2. The predicted molar refractivity (Wildman–Crippen MR) is 127 cm³/mol. The zero-order valence-electron chi connectivity index (χ0n) is 20.5. The van der Waals surface area contributed by atoms with Crippen LogP contribution in [0.4, 0.5) is 5.82 Å². The van der Waals surface area contributed by atoms with Crippen molar-refractivity contribution in [3.05, 3.63) is 51.9 Å². The van der Waals surface area contributed by atoms with Crippen molar-refractivity contribution < 1.29 is 23.4 Å². The van der Waals surface area contributed by atoms with Gasteiger partial charge in [-0.15, -0.1) is 0 Å². The van der Waals surface area contributed by atoms with Crippen LogP contribution in [0.3, 0.4) is 0 Å². The van der Waals surface area contributed by atoms with Crippen molar-refractivity contribution >= 4 is 47.9 Å². The van der Waals surface area contributed by atoms with E-state index in [0.717, 1.165) is 10.8 Å². The number of hydrogen-bond acceptors (Lipinski definition) is 8. The molecule has 0 radical (unpaired) electrons. The van der Waals surface area contributed by atoms with Gasteiger partial charge in [-0.2, -0.15) is 13.1 Å². The monoisotopic (exact) mass is 592 g/mol. The van der Waals surface area contributed by atoms with Crippen molar-refractivity contribution in [3.63, 3.8) is 0 Å². The zero-order valence-corrected chi connectivity index (χ0v) is 20.5. The van der Waals surface area contributed by atoms with Crippen LogP contribution in [-0.4, -0.2) is 48.0 Å². The van der Waals surface area contributed by atoms with Gasteiger partial charge in [0.2, 0.25) is 5.88 Å². The Balaban J connectivity index is 2.01. The predicted octanol–water partition coefficient (Wildman–Crippen LogP) is 3.57. The summed E-state index contributed by atoms with van der Waals surface area (Å²) in [7, 11) is -4.04. The lowest BCUT2D eigenvalue weighted by Gasteiger charge is -2.15. The van der Waals surface area contributed by atoms with Crippen LogP contribution in [0.5, 0.6) is 11.9 Å². The molecule has 0 bridgehead atoms. The molecular formula is C19H20Br2N6O4S. The Morgan fingerprint density at radius 1 is 1.00 bits per heavy atom. The minimum atomic E-state index is -4.04. The normalized spacial score (nSPS) is 14.0. The molecule has 0 fully saturated rings. The Morgan fingerprint density at radius 3 is 2.38 bits per heavy atom. The molecule has 0 aliphatic rings. The average molecular weight is 594 g/mol. The van der Waals surface area contributed by atoms with Crippen molar-refractivity contribution in [1.82, 2.24) is 24.7 Å². The molecule has 13 heteroatoms. The minimum Gasteiger partial charge on any atom is -0.473 e. The summed E-state index contributed by atoms with van der Waals surface area (Å²) in [6.07, 6.45) is 4.11. The van der Waals surface area contributed by atoms with Gasteiger partial charge in [0.05, 0.1) is 15.5 Å². The second-order valence-electron chi connectivity index (χ2n) is 6.00. The summed E-state index contributed by atoms with van der Waals surface area (Å²) in [6, 6.07) is 6.11. The van der Waals surface area contributed by atoms with Gasteiger partial charge in [-0.1, -0.05) is 35.0 Å². The van der Waals surface area contributed by atoms with E-state index in [1.165, 1.54) is 12.4 Å². The molecule has 0 aliphatic carbocycles. The molecule has 3 rings (SSSR count). The van der Waals surface area contributed by atoms with E-state index in [-0.39, 0.29) is 17.9 Å². The number of nitrogens with zero attached hydrogens (tertiary/aromatic N) is 4. The van der Waals surface area contributed by atoms with Crippen LogP contribution < -0.4 is 18.9 Å². The van der Waals surface area contributed by atoms with Gasteiger partial charge in [0.1, 0.15) is 19.4 Å². The van der Waals surface area contributed by atoms with E-state index in [9.17, 15) is 8.42 Å². The van der Waals surface area contributed by atoms with E-state index < -0.39 is 35.2 Å². The number of aromatic nitrogens is 4. The molecule has 0 amide bonds. The zero-order chi connectivity index (χ0) is 26.6. The maximum atomic E-state index is 12.5. The number of anilines is 1. The maximum Gasteiger partial charge on any atom is 0.316 e. The van der Waals surface area contributed by atoms with E-state index >= 15 is 0 Å². The first kappa shape index (κ1) is 19.1. The van der Waals surface area contributed by atoms with Gasteiger partial charge in [-0.3, -0.25) is 4.72 Å². The third-order valence-corrected chi connectivity index (χ3v) is 5.63. The largest absolute Gasteiger partial charge is 0.473 e. The first-order chi connectivity index (χ1) is 16.8. The Morgan fingerprint density at radius 2 is 1.69 bits per heavy atom. The highest BCUT2D eigenvalue weighted by Crippen LogP contribution is 2.34. The molecule has 2 heterocycles. The molecule has 3 aromatic rings. The number of halogens is 2. The highest BCUT2D eigenvalue weighted by atomic mass is 79.9.